The largest absolute Gasteiger partial charge is 0.481 e. The fourth-order valence-electron chi connectivity index (χ4n) is 3.05. The van der Waals surface area contributed by atoms with Crippen LogP contribution in [0.4, 0.5) is 4.79 Å². The maximum atomic E-state index is 12.5. The Morgan fingerprint density at radius 2 is 2.28 bits per heavy atom. The Hall–Kier alpha value is -2.77. The van der Waals surface area contributed by atoms with E-state index in [0.717, 1.165) is 30.8 Å². The first kappa shape index (κ1) is 17.1. The summed E-state index contributed by atoms with van der Waals surface area (Å²) < 4.78 is 10.3. The molecule has 0 aromatic carbocycles. The summed E-state index contributed by atoms with van der Waals surface area (Å²) in [6, 6.07) is 3.50. The summed E-state index contributed by atoms with van der Waals surface area (Å²) in [6.45, 7) is 1.76. The highest BCUT2D eigenvalue weighted by Gasteiger charge is 2.26. The van der Waals surface area contributed by atoms with Crippen molar-refractivity contribution < 1.29 is 14.3 Å². The Morgan fingerprint density at radius 3 is 3.00 bits per heavy atom. The SMILES string of the molecule is COc1ccc(CNC(=O)N2CCCC(c3ncc[nH]3)C2)c(OC)n1. The van der Waals surface area contributed by atoms with Crippen molar-refractivity contribution in [3.8, 4) is 11.8 Å². The zero-order valence-electron chi connectivity index (χ0n) is 14.5. The molecule has 3 rings (SSSR count). The Labute approximate surface area is 146 Å². The van der Waals surface area contributed by atoms with E-state index in [1.165, 1.54) is 0 Å². The molecule has 1 saturated heterocycles. The molecule has 1 aliphatic rings. The summed E-state index contributed by atoms with van der Waals surface area (Å²) in [5, 5.41) is 2.94. The molecule has 2 aromatic heterocycles. The van der Waals surface area contributed by atoms with E-state index < -0.39 is 0 Å². The van der Waals surface area contributed by atoms with Crippen molar-refractivity contribution in [3.63, 3.8) is 0 Å². The standard InChI is InChI=1S/C17H23N5O3/c1-24-14-6-5-12(16(21-14)25-2)10-20-17(23)22-9-3-4-13(11-22)15-18-7-8-19-15/h5-8,13H,3-4,9-11H2,1-2H3,(H,18,19)(H,20,23). The number of hydrogen-bond acceptors (Lipinski definition) is 5. The molecular weight excluding hydrogens is 322 g/mol. The van der Waals surface area contributed by atoms with E-state index in [1.54, 1.807) is 26.5 Å². The second kappa shape index (κ2) is 7.87. The third-order valence-corrected chi connectivity index (χ3v) is 4.36. The van der Waals surface area contributed by atoms with E-state index in [0.29, 0.717) is 24.8 Å². The molecule has 2 amide bonds. The van der Waals surface area contributed by atoms with Gasteiger partial charge in [0.15, 0.2) is 0 Å². The Balaban J connectivity index is 1.59. The molecule has 3 heterocycles. The van der Waals surface area contributed by atoms with Crippen LogP contribution in [-0.4, -0.2) is 53.2 Å². The van der Waals surface area contributed by atoms with Crippen LogP contribution in [0.5, 0.6) is 11.8 Å². The highest BCUT2D eigenvalue weighted by Crippen LogP contribution is 2.24. The molecule has 0 bridgehead atoms. The van der Waals surface area contributed by atoms with Gasteiger partial charge in [-0.1, -0.05) is 0 Å². The molecule has 1 fully saturated rings. The Morgan fingerprint density at radius 1 is 1.40 bits per heavy atom. The Kier molecular flexibility index (Phi) is 5.37. The number of H-pyrrole nitrogens is 1. The summed E-state index contributed by atoms with van der Waals surface area (Å²) in [7, 11) is 3.10. The van der Waals surface area contributed by atoms with Crippen LogP contribution >= 0.6 is 0 Å². The number of hydrogen-bond donors (Lipinski definition) is 2. The van der Waals surface area contributed by atoms with E-state index in [9.17, 15) is 4.79 Å². The molecule has 0 radical (unpaired) electrons. The number of nitrogens with zero attached hydrogens (tertiary/aromatic N) is 3. The monoisotopic (exact) mass is 345 g/mol. The first-order valence-corrected chi connectivity index (χ1v) is 8.31. The third kappa shape index (κ3) is 4.01. The van der Waals surface area contributed by atoms with Crippen LogP contribution < -0.4 is 14.8 Å². The zero-order chi connectivity index (χ0) is 17.6. The molecule has 134 valence electrons. The highest BCUT2D eigenvalue weighted by atomic mass is 16.5. The van der Waals surface area contributed by atoms with Gasteiger partial charge in [-0.05, 0) is 18.9 Å². The number of methoxy groups -OCH3 is 2. The molecule has 8 nitrogen and oxygen atoms in total. The predicted octanol–water partition coefficient (Wildman–Crippen LogP) is 1.91. The second-order valence-electron chi connectivity index (χ2n) is 5.94. The van der Waals surface area contributed by atoms with Gasteiger partial charge in [0, 0.05) is 49.6 Å². The first-order valence-electron chi connectivity index (χ1n) is 8.31. The van der Waals surface area contributed by atoms with Gasteiger partial charge in [0.25, 0.3) is 0 Å². The normalized spacial score (nSPS) is 17.2. The number of nitrogens with one attached hydrogen (secondary N) is 2. The van der Waals surface area contributed by atoms with Crippen molar-refractivity contribution in [2.24, 2.45) is 0 Å². The summed E-state index contributed by atoms with van der Waals surface area (Å²) in [5.41, 5.74) is 0.802. The van der Waals surface area contributed by atoms with Gasteiger partial charge in [0.05, 0.1) is 14.2 Å². The van der Waals surface area contributed by atoms with Crippen molar-refractivity contribution in [3.05, 3.63) is 35.9 Å². The van der Waals surface area contributed by atoms with Gasteiger partial charge in [-0.3, -0.25) is 0 Å². The van der Waals surface area contributed by atoms with Crippen molar-refractivity contribution in [2.75, 3.05) is 27.3 Å². The van der Waals surface area contributed by atoms with Gasteiger partial charge >= 0.3 is 6.03 Å². The summed E-state index contributed by atoms with van der Waals surface area (Å²) in [6.07, 6.45) is 5.56. The molecule has 2 N–H and O–H groups in total. The van der Waals surface area contributed by atoms with Crippen molar-refractivity contribution in [2.45, 2.75) is 25.3 Å². The van der Waals surface area contributed by atoms with Crippen LogP contribution in [0.2, 0.25) is 0 Å². The Bertz CT molecular complexity index is 704. The molecular formula is C17H23N5O3. The number of urea groups is 1. The minimum absolute atomic E-state index is 0.0888. The van der Waals surface area contributed by atoms with Crippen molar-refractivity contribution in [1.29, 1.82) is 0 Å². The van der Waals surface area contributed by atoms with E-state index in [1.807, 2.05) is 17.2 Å². The minimum atomic E-state index is -0.0888. The number of imidazole rings is 1. The van der Waals surface area contributed by atoms with E-state index >= 15 is 0 Å². The average molecular weight is 345 g/mol. The minimum Gasteiger partial charge on any atom is -0.481 e. The number of piperidine rings is 1. The van der Waals surface area contributed by atoms with Crippen LogP contribution in [0.15, 0.2) is 24.5 Å². The maximum absolute atomic E-state index is 12.5. The number of amides is 2. The van der Waals surface area contributed by atoms with Gasteiger partial charge in [0.1, 0.15) is 5.82 Å². The van der Waals surface area contributed by atoms with Gasteiger partial charge in [-0.15, -0.1) is 0 Å². The number of pyridine rings is 1. The third-order valence-electron chi connectivity index (χ3n) is 4.36. The van der Waals surface area contributed by atoms with Gasteiger partial charge in [-0.2, -0.15) is 4.98 Å². The molecule has 1 atom stereocenters. The number of carbonyl (C=O) groups excluding carboxylic acids is 1. The molecule has 25 heavy (non-hydrogen) atoms. The fraction of sp³-hybridized carbons (Fsp3) is 0.471. The van der Waals surface area contributed by atoms with Crippen LogP contribution in [-0.2, 0) is 6.54 Å². The van der Waals surface area contributed by atoms with Crippen molar-refractivity contribution in [1.82, 2.24) is 25.2 Å². The molecule has 0 saturated carbocycles. The zero-order valence-corrected chi connectivity index (χ0v) is 14.5. The molecule has 0 aliphatic carbocycles. The van der Waals surface area contributed by atoms with Gasteiger partial charge < -0.3 is 24.7 Å². The number of aromatic nitrogens is 3. The number of ether oxygens (including phenoxy) is 2. The smallest absolute Gasteiger partial charge is 0.317 e. The molecule has 8 heteroatoms. The topological polar surface area (TPSA) is 92.4 Å². The number of carbonyl (C=O) groups is 1. The summed E-state index contributed by atoms with van der Waals surface area (Å²) in [4.78, 5) is 26.0. The van der Waals surface area contributed by atoms with Crippen LogP contribution in [0.1, 0.15) is 30.1 Å². The number of rotatable bonds is 5. The lowest BCUT2D eigenvalue weighted by Crippen LogP contribution is -2.44. The van der Waals surface area contributed by atoms with E-state index in [-0.39, 0.29) is 11.9 Å². The lowest BCUT2D eigenvalue weighted by Gasteiger charge is -2.31. The molecule has 1 unspecified atom stereocenters. The highest BCUT2D eigenvalue weighted by molar-refractivity contribution is 5.74. The number of aromatic amines is 1. The fourth-order valence-corrected chi connectivity index (χ4v) is 3.05. The van der Waals surface area contributed by atoms with Crippen molar-refractivity contribution >= 4 is 6.03 Å². The summed E-state index contributed by atoms with van der Waals surface area (Å²) in [5.74, 6) is 2.13. The van der Waals surface area contributed by atoms with E-state index in [2.05, 4.69) is 20.3 Å². The summed E-state index contributed by atoms with van der Waals surface area (Å²) >= 11 is 0. The van der Waals surface area contributed by atoms with Crippen LogP contribution in [0.25, 0.3) is 0 Å². The molecule has 2 aromatic rings. The molecule has 1 aliphatic heterocycles. The predicted molar refractivity (Wildman–Crippen MR) is 91.7 cm³/mol. The van der Waals surface area contributed by atoms with Crippen LogP contribution in [0, 0.1) is 0 Å². The molecule has 0 spiro atoms. The maximum Gasteiger partial charge on any atom is 0.317 e. The quantitative estimate of drug-likeness (QED) is 0.863. The van der Waals surface area contributed by atoms with Gasteiger partial charge in [0.2, 0.25) is 11.8 Å². The lowest BCUT2D eigenvalue weighted by atomic mass is 9.98. The average Bonchev–Trinajstić information content (AvgIpc) is 3.21. The van der Waals surface area contributed by atoms with Crippen LogP contribution in [0.3, 0.4) is 0 Å². The second-order valence-corrected chi connectivity index (χ2v) is 5.94. The van der Waals surface area contributed by atoms with Gasteiger partial charge in [-0.25, -0.2) is 9.78 Å². The van der Waals surface area contributed by atoms with E-state index in [4.69, 9.17) is 9.47 Å². The number of likely N-dealkylation sites (tertiary alicyclic amines) is 1. The first-order chi connectivity index (χ1) is 12.2. The lowest BCUT2D eigenvalue weighted by molar-refractivity contribution is 0.178.